The molecular formula is C14H21N5O. The summed E-state index contributed by atoms with van der Waals surface area (Å²) in [5, 5.41) is 15.3. The van der Waals surface area contributed by atoms with E-state index in [2.05, 4.69) is 41.6 Å². The number of hydrogen-bond donors (Lipinski definition) is 1. The van der Waals surface area contributed by atoms with Crippen molar-refractivity contribution in [3.8, 4) is 11.4 Å². The minimum atomic E-state index is 0.0196. The number of benzene rings is 1. The lowest BCUT2D eigenvalue weighted by molar-refractivity contribution is 0.413. The van der Waals surface area contributed by atoms with Crippen molar-refractivity contribution in [2.75, 3.05) is 7.11 Å². The summed E-state index contributed by atoms with van der Waals surface area (Å²) >= 11 is 0. The zero-order chi connectivity index (χ0) is 14.8. The van der Waals surface area contributed by atoms with E-state index in [1.165, 1.54) is 0 Å². The number of rotatable bonds is 4. The molecule has 1 aromatic carbocycles. The Kier molecular flexibility index (Phi) is 4.04. The second-order valence-corrected chi connectivity index (χ2v) is 5.76. The molecule has 0 saturated carbocycles. The van der Waals surface area contributed by atoms with Crippen molar-refractivity contribution in [3.63, 3.8) is 0 Å². The molecule has 0 saturated heterocycles. The molecule has 6 nitrogen and oxygen atoms in total. The van der Waals surface area contributed by atoms with E-state index in [1.807, 2.05) is 25.1 Å². The first-order valence-corrected chi connectivity index (χ1v) is 6.58. The Labute approximate surface area is 119 Å². The molecule has 1 N–H and O–H groups in total. The molecule has 0 spiro atoms. The van der Waals surface area contributed by atoms with Crippen LogP contribution in [0.2, 0.25) is 0 Å². The molecule has 1 heterocycles. The van der Waals surface area contributed by atoms with Gasteiger partial charge in [0, 0.05) is 5.54 Å². The van der Waals surface area contributed by atoms with Gasteiger partial charge in [-0.05, 0) is 61.9 Å². The highest BCUT2D eigenvalue weighted by Crippen LogP contribution is 2.20. The third kappa shape index (κ3) is 3.33. The second-order valence-electron chi connectivity index (χ2n) is 5.76. The molecule has 0 atom stereocenters. The van der Waals surface area contributed by atoms with Crippen LogP contribution in [0.1, 0.15) is 32.2 Å². The van der Waals surface area contributed by atoms with Crippen molar-refractivity contribution in [1.82, 2.24) is 25.5 Å². The third-order valence-electron chi connectivity index (χ3n) is 2.94. The van der Waals surface area contributed by atoms with Crippen LogP contribution < -0.4 is 10.1 Å². The molecule has 1 aromatic heterocycles. The quantitative estimate of drug-likeness (QED) is 0.922. The van der Waals surface area contributed by atoms with E-state index in [0.29, 0.717) is 6.54 Å². The summed E-state index contributed by atoms with van der Waals surface area (Å²) in [6, 6.07) is 5.84. The highest BCUT2D eigenvalue weighted by Gasteiger charge is 2.14. The number of nitrogens with zero attached hydrogens (tertiary/aromatic N) is 4. The molecule has 6 heteroatoms. The lowest BCUT2D eigenvalue weighted by Crippen LogP contribution is -2.36. The predicted molar refractivity (Wildman–Crippen MR) is 77.0 cm³/mol. The maximum Gasteiger partial charge on any atom is 0.170 e. The number of aryl methyl sites for hydroxylation is 1. The maximum absolute atomic E-state index is 5.22. The van der Waals surface area contributed by atoms with Gasteiger partial charge in [-0.25, -0.2) is 0 Å². The van der Waals surface area contributed by atoms with Crippen LogP contribution in [0, 0.1) is 6.92 Å². The molecule has 0 amide bonds. The van der Waals surface area contributed by atoms with Gasteiger partial charge in [-0.1, -0.05) is 0 Å². The van der Waals surface area contributed by atoms with E-state index in [-0.39, 0.29) is 5.54 Å². The van der Waals surface area contributed by atoms with E-state index in [9.17, 15) is 0 Å². The van der Waals surface area contributed by atoms with Crippen molar-refractivity contribution in [2.45, 2.75) is 39.8 Å². The minimum Gasteiger partial charge on any atom is -0.497 e. The van der Waals surface area contributed by atoms with Crippen LogP contribution in [-0.2, 0) is 6.54 Å². The first kappa shape index (κ1) is 14.5. The Balaban J connectivity index is 2.28. The van der Waals surface area contributed by atoms with Gasteiger partial charge in [-0.15, -0.1) is 5.10 Å². The third-order valence-corrected chi connectivity index (χ3v) is 2.94. The van der Waals surface area contributed by atoms with Gasteiger partial charge in [0.2, 0.25) is 0 Å². The summed E-state index contributed by atoms with van der Waals surface area (Å²) in [5.41, 5.74) is 2.04. The lowest BCUT2D eigenvalue weighted by atomic mass is 10.1. The van der Waals surface area contributed by atoms with Gasteiger partial charge in [-0.2, -0.15) is 4.68 Å². The van der Waals surface area contributed by atoms with E-state index in [0.717, 1.165) is 22.8 Å². The van der Waals surface area contributed by atoms with E-state index in [4.69, 9.17) is 4.74 Å². The van der Waals surface area contributed by atoms with Gasteiger partial charge >= 0.3 is 0 Å². The van der Waals surface area contributed by atoms with Crippen LogP contribution in [0.25, 0.3) is 5.69 Å². The number of ether oxygens (including phenoxy) is 1. The zero-order valence-corrected chi connectivity index (χ0v) is 12.6. The van der Waals surface area contributed by atoms with Gasteiger partial charge in [-0.3, -0.25) is 0 Å². The SMILES string of the molecule is COc1ccc(-n2nnnc2CNC(C)(C)C)c(C)c1. The molecule has 108 valence electrons. The fourth-order valence-electron chi connectivity index (χ4n) is 1.84. The molecule has 2 rings (SSSR count). The van der Waals surface area contributed by atoms with E-state index >= 15 is 0 Å². The van der Waals surface area contributed by atoms with Crippen molar-refractivity contribution in [2.24, 2.45) is 0 Å². The summed E-state index contributed by atoms with van der Waals surface area (Å²) < 4.78 is 6.97. The zero-order valence-electron chi connectivity index (χ0n) is 12.6. The highest BCUT2D eigenvalue weighted by molar-refractivity contribution is 5.44. The van der Waals surface area contributed by atoms with Gasteiger partial charge in [0.15, 0.2) is 5.82 Å². The van der Waals surface area contributed by atoms with Crippen LogP contribution in [0.3, 0.4) is 0 Å². The summed E-state index contributed by atoms with van der Waals surface area (Å²) in [4.78, 5) is 0. The summed E-state index contributed by atoms with van der Waals surface area (Å²) in [6.45, 7) is 8.96. The molecule has 0 aliphatic rings. The number of tetrazole rings is 1. The van der Waals surface area contributed by atoms with Crippen LogP contribution in [-0.4, -0.2) is 32.9 Å². The predicted octanol–water partition coefficient (Wildman–Crippen LogP) is 1.87. The van der Waals surface area contributed by atoms with Crippen LogP contribution in [0.15, 0.2) is 18.2 Å². The molecule has 2 aromatic rings. The molecule has 0 aliphatic carbocycles. The van der Waals surface area contributed by atoms with E-state index < -0.39 is 0 Å². The average Bonchev–Trinajstić information content (AvgIpc) is 2.83. The molecule has 0 fully saturated rings. The summed E-state index contributed by atoms with van der Waals surface area (Å²) in [5.74, 6) is 1.61. The molecular weight excluding hydrogens is 254 g/mol. The number of aromatic nitrogens is 4. The average molecular weight is 275 g/mol. The molecule has 0 unspecified atom stereocenters. The molecule has 20 heavy (non-hydrogen) atoms. The highest BCUT2D eigenvalue weighted by atomic mass is 16.5. The fourth-order valence-corrected chi connectivity index (χ4v) is 1.84. The van der Waals surface area contributed by atoms with Crippen LogP contribution in [0.4, 0.5) is 0 Å². The van der Waals surface area contributed by atoms with Gasteiger partial charge in [0.05, 0.1) is 19.3 Å². The summed E-state index contributed by atoms with van der Waals surface area (Å²) in [7, 11) is 1.66. The van der Waals surface area contributed by atoms with Crippen LogP contribution in [0.5, 0.6) is 5.75 Å². The van der Waals surface area contributed by atoms with E-state index in [1.54, 1.807) is 11.8 Å². The smallest absolute Gasteiger partial charge is 0.170 e. The van der Waals surface area contributed by atoms with Crippen molar-refractivity contribution in [1.29, 1.82) is 0 Å². The molecule has 0 bridgehead atoms. The monoisotopic (exact) mass is 275 g/mol. The van der Waals surface area contributed by atoms with Crippen molar-refractivity contribution >= 4 is 0 Å². The Bertz CT molecular complexity index is 585. The van der Waals surface area contributed by atoms with Crippen molar-refractivity contribution in [3.05, 3.63) is 29.6 Å². The Hall–Kier alpha value is -1.95. The largest absolute Gasteiger partial charge is 0.497 e. The number of methoxy groups -OCH3 is 1. The summed E-state index contributed by atoms with van der Waals surface area (Å²) in [6.07, 6.45) is 0. The fraction of sp³-hybridized carbons (Fsp3) is 0.500. The number of nitrogens with one attached hydrogen (secondary N) is 1. The number of hydrogen-bond acceptors (Lipinski definition) is 5. The Morgan fingerprint density at radius 3 is 2.65 bits per heavy atom. The first-order valence-electron chi connectivity index (χ1n) is 6.58. The van der Waals surface area contributed by atoms with Crippen LogP contribution >= 0.6 is 0 Å². The van der Waals surface area contributed by atoms with Gasteiger partial charge < -0.3 is 10.1 Å². The maximum atomic E-state index is 5.22. The normalized spacial score (nSPS) is 11.7. The topological polar surface area (TPSA) is 64.9 Å². The van der Waals surface area contributed by atoms with Gasteiger partial charge in [0.25, 0.3) is 0 Å². The first-order chi connectivity index (χ1) is 9.40. The van der Waals surface area contributed by atoms with Crippen molar-refractivity contribution < 1.29 is 4.74 Å². The Morgan fingerprint density at radius 2 is 2.05 bits per heavy atom. The minimum absolute atomic E-state index is 0.0196. The second kappa shape index (κ2) is 5.58. The molecule has 0 aliphatic heterocycles. The molecule has 0 radical (unpaired) electrons. The van der Waals surface area contributed by atoms with Gasteiger partial charge in [0.1, 0.15) is 5.75 Å². The standard InChI is InChI=1S/C14H21N5O/c1-10-8-11(20-5)6-7-12(10)19-13(16-17-18-19)9-15-14(2,3)4/h6-8,15H,9H2,1-5H3. The Morgan fingerprint density at radius 1 is 1.30 bits per heavy atom. The lowest BCUT2D eigenvalue weighted by Gasteiger charge is -2.20.